The minimum Gasteiger partial charge on any atom is -0.364 e. The Hall–Kier alpha value is -2.81. The maximum Gasteiger partial charge on any atom is 0.354 e. The highest BCUT2D eigenvalue weighted by Gasteiger charge is 2.21. The van der Waals surface area contributed by atoms with Crippen molar-refractivity contribution in [2.45, 2.75) is 6.42 Å². The number of nitrogen functional groups attached to an aromatic ring is 1. The molecular weight excluding hydrogens is 262 g/mol. The number of nitrogens with zero attached hydrogens (tertiary/aromatic N) is 4. The van der Waals surface area contributed by atoms with Crippen molar-refractivity contribution >= 4 is 17.3 Å². The van der Waals surface area contributed by atoms with Crippen LogP contribution in [0.15, 0.2) is 30.9 Å². The van der Waals surface area contributed by atoms with Gasteiger partial charge in [-0.1, -0.05) is 0 Å². The summed E-state index contributed by atoms with van der Waals surface area (Å²) < 4.78 is 0. The highest BCUT2D eigenvalue weighted by atomic mass is 16.6. The predicted molar refractivity (Wildman–Crippen MR) is 72.9 cm³/mol. The molecule has 0 aliphatic heterocycles. The lowest BCUT2D eigenvalue weighted by Crippen LogP contribution is -2.14. The van der Waals surface area contributed by atoms with Gasteiger partial charge in [-0.3, -0.25) is 15.1 Å². The third-order valence-corrected chi connectivity index (χ3v) is 2.60. The zero-order valence-corrected chi connectivity index (χ0v) is 10.5. The first-order valence-electron chi connectivity index (χ1n) is 5.81. The second-order valence-corrected chi connectivity index (χ2v) is 3.85. The number of nitrogens with two attached hydrogens (primary N) is 1. The molecule has 0 bridgehead atoms. The summed E-state index contributed by atoms with van der Waals surface area (Å²) in [5.41, 5.74) is 2.98. The molecule has 2 aromatic heterocycles. The fourth-order valence-corrected chi connectivity index (χ4v) is 1.66. The molecule has 0 unspecified atom stereocenters. The Morgan fingerprint density at radius 1 is 1.25 bits per heavy atom. The molecule has 0 radical (unpaired) electrons. The third kappa shape index (κ3) is 3.14. The summed E-state index contributed by atoms with van der Waals surface area (Å²) in [4.78, 5) is 21.9. The molecule has 0 atom stereocenters. The topological polar surface area (TPSA) is 132 Å². The molecule has 4 N–H and O–H groups in total. The number of nitrogens with one attached hydrogen (secondary N) is 2. The summed E-state index contributed by atoms with van der Waals surface area (Å²) in [5.74, 6) is 5.30. The number of hydrogen-bond acceptors (Lipinski definition) is 8. The lowest BCUT2D eigenvalue weighted by molar-refractivity contribution is -0.383. The number of pyridine rings is 1. The molecule has 0 saturated heterocycles. The molecule has 9 nitrogen and oxygen atoms in total. The summed E-state index contributed by atoms with van der Waals surface area (Å²) in [6.07, 6.45) is 5.28. The van der Waals surface area contributed by atoms with E-state index in [0.29, 0.717) is 13.0 Å². The predicted octanol–water partition coefficient (Wildman–Crippen LogP) is 0.720. The van der Waals surface area contributed by atoms with Crippen LogP contribution < -0.4 is 16.6 Å². The van der Waals surface area contributed by atoms with Gasteiger partial charge in [-0.15, -0.1) is 0 Å². The molecule has 20 heavy (non-hydrogen) atoms. The fourth-order valence-electron chi connectivity index (χ4n) is 1.66. The second-order valence-electron chi connectivity index (χ2n) is 3.85. The Morgan fingerprint density at radius 2 is 1.95 bits per heavy atom. The maximum absolute atomic E-state index is 11.0. The van der Waals surface area contributed by atoms with E-state index in [1.165, 1.54) is 6.33 Å². The molecule has 0 saturated carbocycles. The van der Waals surface area contributed by atoms with Crippen molar-refractivity contribution in [2.24, 2.45) is 5.84 Å². The van der Waals surface area contributed by atoms with E-state index >= 15 is 0 Å². The average molecular weight is 275 g/mol. The zero-order chi connectivity index (χ0) is 14.4. The Bertz CT molecular complexity index is 591. The van der Waals surface area contributed by atoms with Crippen LogP contribution in [0.25, 0.3) is 0 Å². The zero-order valence-electron chi connectivity index (χ0n) is 10.5. The van der Waals surface area contributed by atoms with Gasteiger partial charge in [0.2, 0.25) is 11.6 Å². The van der Waals surface area contributed by atoms with Gasteiger partial charge in [-0.2, -0.15) is 0 Å². The van der Waals surface area contributed by atoms with Crippen molar-refractivity contribution < 1.29 is 4.92 Å². The molecule has 0 aromatic carbocycles. The minimum atomic E-state index is -0.579. The number of hydrogen-bond donors (Lipinski definition) is 3. The first-order valence-corrected chi connectivity index (χ1v) is 5.81. The van der Waals surface area contributed by atoms with E-state index in [0.717, 1.165) is 5.56 Å². The summed E-state index contributed by atoms with van der Waals surface area (Å²) in [7, 11) is 0. The Kier molecular flexibility index (Phi) is 4.35. The van der Waals surface area contributed by atoms with E-state index < -0.39 is 4.92 Å². The average Bonchev–Trinajstić information content (AvgIpc) is 2.47. The van der Waals surface area contributed by atoms with Gasteiger partial charge in [0.05, 0.1) is 4.92 Å². The lowest BCUT2D eigenvalue weighted by Gasteiger charge is -2.07. The van der Waals surface area contributed by atoms with E-state index in [-0.39, 0.29) is 17.3 Å². The SMILES string of the molecule is NNc1ncnc(NCCc2ccncc2)c1[N+](=O)[O-]. The molecule has 0 aliphatic rings. The number of aromatic nitrogens is 3. The summed E-state index contributed by atoms with van der Waals surface area (Å²) in [5, 5.41) is 13.9. The molecule has 104 valence electrons. The Labute approximate surface area is 114 Å². The van der Waals surface area contributed by atoms with E-state index in [1.807, 2.05) is 12.1 Å². The smallest absolute Gasteiger partial charge is 0.354 e. The second kappa shape index (κ2) is 6.38. The monoisotopic (exact) mass is 275 g/mol. The van der Waals surface area contributed by atoms with Gasteiger partial charge in [0.1, 0.15) is 6.33 Å². The van der Waals surface area contributed by atoms with Crippen LogP contribution >= 0.6 is 0 Å². The number of anilines is 2. The third-order valence-electron chi connectivity index (χ3n) is 2.60. The fraction of sp³-hybridized carbons (Fsp3) is 0.182. The van der Waals surface area contributed by atoms with Gasteiger partial charge in [0.15, 0.2) is 0 Å². The van der Waals surface area contributed by atoms with Crippen LogP contribution in [0.3, 0.4) is 0 Å². The van der Waals surface area contributed by atoms with Crippen LogP contribution in [0.1, 0.15) is 5.56 Å². The van der Waals surface area contributed by atoms with Crippen LogP contribution in [-0.2, 0) is 6.42 Å². The van der Waals surface area contributed by atoms with Crippen molar-refractivity contribution in [1.82, 2.24) is 15.0 Å². The molecule has 2 heterocycles. The summed E-state index contributed by atoms with van der Waals surface area (Å²) in [6.45, 7) is 0.492. The van der Waals surface area contributed by atoms with E-state index in [1.54, 1.807) is 12.4 Å². The Balaban J connectivity index is 2.08. The van der Waals surface area contributed by atoms with Gasteiger partial charge in [-0.05, 0) is 24.1 Å². The molecular formula is C11H13N7O2. The van der Waals surface area contributed by atoms with Crippen molar-refractivity contribution in [3.63, 3.8) is 0 Å². The maximum atomic E-state index is 11.0. The largest absolute Gasteiger partial charge is 0.364 e. The van der Waals surface area contributed by atoms with Gasteiger partial charge in [-0.25, -0.2) is 15.8 Å². The normalized spacial score (nSPS) is 10.1. The molecule has 2 aromatic rings. The standard InChI is InChI=1S/C11H13N7O2/c12-17-11-9(18(19)20)10(15-7-16-11)14-6-3-8-1-4-13-5-2-8/h1-2,4-5,7H,3,6,12H2,(H2,14,15,16,17). The first-order chi connectivity index (χ1) is 9.72. The van der Waals surface area contributed by atoms with Crippen LogP contribution in [-0.4, -0.2) is 26.4 Å². The van der Waals surface area contributed by atoms with E-state index in [9.17, 15) is 10.1 Å². The van der Waals surface area contributed by atoms with Crippen molar-refractivity contribution in [1.29, 1.82) is 0 Å². The van der Waals surface area contributed by atoms with E-state index in [4.69, 9.17) is 5.84 Å². The van der Waals surface area contributed by atoms with Gasteiger partial charge in [0.25, 0.3) is 0 Å². The van der Waals surface area contributed by atoms with Crippen LogP contribution in [0.4, 0.5) is 17.3 Å². The van der Waals surface area contributed by atoms with E-state index in [2.05, 4.69) is 25.7 Å². The molecule has 2 rings (SSSR count). The molecule has 0 aliphatic carbocycles. The van der Waals surface area contributed by atoms with Gasteiger partial charge in [0, 0.05) is 18.9 Å². The first kappa shape index (κ1) is 13.6. The van der Waals surface area contributed by atoms with Crippen molar-refractivity contribution in [3.8, 4) is 0 Å². The molecule has 0 spiro atoms. The summed E-state index contributed by atoms with van der Waals surface area (Å²) >= 11 is 0. The van der Waals surface area contributed by atoms with Crippen molar-refractivity contribution in [3.05, 3.63) is 46.5 Å². The van der Waals surface area contributed by atoms with Crippen LogP contribution in [0.2, 0.25) is 0 Å². The van der Waals surface area contributed by atoms with Gasteiger partial charge < -0.3 is 10.7 Å². The molecule has 0 fully saturated rings. The highest BCUT2D eigenvalue weighted by Crippen LogP contribution is 2.27. The quantitative estimate of drug-likeness (QED) is 0.399. The molecule has 9 heteroatoms. The highest BCUT2D eigenvalue weighted by molar-refractivity contribution is 5.68. The van der Waals surface area contributed by atoms with Crippen molar-refractivity contribution in [2.75, 3.05) is 17.3 Å². The number of hydrazine groups is 1. The van der Waals surface area contributed by atoms with Crippen LogP contribution in [0, 0.1) is 10.1 Å². The minimum absolute atomic E-state index is 0.0311. The summed E-state index contributed by atoms with van der Waals surface area (Å²) in [6, 6.07) is 3.76. The molecule has 0 amide bonds. The van der Waals surface area contributed by atoms with Crippen LogP contribution in [0.5, 0.6) is 0 Å². The Morgan fingerprint density at radius 3 is 2.60 bits per heavy atom. The number of nitro groups is 1. The van der Waals surface area contributed by atoms with Gasteiger partial charge >= 0.3 is 5.69 Å². The lowest BCUT2D eigenvalue weighted by atomic mass is 10.2. The number of rotatable bonds is 6.